The maximum Gasteiger partial charge on any atom is 0.257 e. The number of nitrogens with zero attached hydrogens (tertiary/aromatic N) is 4. The van der Waals surface area contributed by atoms with Gasteiger partial charge in [0.25, 0.3) is 5.91 Å². The summed E-state index contributed by atoms with van der Waals surface area (Å²) in [6, 6.07) is 16.3. The van der Waals surface area contributed by atoms with Crippen molar-refractivity contribution >= 4 is 27.5 Å². The Morgan fingerprint density at radius 2 is 1.90 bits per heavy atom. The quantitative estimate of drug-likeness (QED) is 0.480. The van der Waals surface area contributed by atoms with Gasteiger partial charge in [0.05, 0.1) is 39.4 Å². The lowest BCUT2D eigenvalue weighted by atomic mass is 10.1. The predicted octanol–water partition coefficient (Wildman–Crippen LogP) is 5.08. The number of thiazole rings is 1. The second kappa shape index (κ2) is 7.12. The minimum atomic E-state index is 0.0427. The molecule has 1 saturated heterocycles. The molecule has 4 aromatic rings. The molecule has 0 saturated carbocycles. The van der Waals surface area contributed by atoms with Crippen molar-refractivity contribution in [2.75, 3.05) is 6.54 Å². The molecule has 146 valence electrons. The lowest BCUT2D eigenvalue weighted by Gasteiger charge is -2.23. The molecule has 3 heterocycles. The first-order valence-electron chi connectivity index (χ1n) is 9.90. The van der Waals surface area contributed by atoms with Gasteiger partial charge in [-0.25, -0.2) is 9.67 Å². The third-order valence-electron chi connectivity index (χ3n) is 5.69. The third-order valence-corrected chi connectivity index (χ3v) is 6.83. The highest BCUT2D eigenvalue weighted by atomic mass is 32.1. The zero-order chi connectivity index (χ0) is 20.0. The maximum absolute atomic E-state index is 13.4. The first kappa shape index (κ1) is 18.1. The molecule has 6 heteroatoms. The molecule has 0 spiro atoms. The van der Waals surface area contributed by atoms with Crippen LogP contribution in [0, 0.1) is 13.8 Å². The normalized spacial score (nSPS) is 16.6. The number of carbonyl (C=O) groups is 1. The number of fused-ring (bicyclic) bond motifs is 1. The maximum atomic E-state index is 13.4. The van der Waals surface area contributed by atoms with Crippen molar-refractivity contribution in [2.45, 2.75) is 32.7 Å². The lowest BCUT2D eigenvalue weighted by molar-refractivity contribution is 0.0735. The number of para-hydroxylation sites is 2. The smallest absolute Gasteiger partial charge is 0.257 e. The second-order valence-corrected chi connectivity index (χ2v) is 8.58. The van der Waals surface area contributed by atoms with E-state index in [0.717, 1.165) is 46.9 Å². The van der Waals surface area contributed by atoms with E-state index in [0.29, 0.717) is 5.56 Å². The van der Waals surface area contributed by atoms with Crippen LogP contribution in [-0.2, 0) is 0 Å². The van der Waals surface area contributed by atoms with Crippen LogP contribution in [0.1, 0.15) is 45.5 Å². The van der Waals surface area contributed by atoms with Crippen molar-refractivity contribution in [3.8, 4) is 5.69 Å². The van der Waals surface area contributed by atoms with Crippen molar-refractivity contribution in [2.24, 2.45) is 0 Å². The predicted molar refractivity (Wildman–Crippen MR) is 116 cm³/mol. The minimum absolute atomic E-state index is 0.0427. The van der Waals surface area contributed by atoms with Crippen molar-refractivity contribution in [3.63, 3.8) is 0 Å². The molecular formula is C23H22N4OS. The van der Waals surface area contributed by atoms with Gasteiger partial charge in [-0.2, -0.15) is 5.10 Å². The van der Waals surface area contributed by atoms with Crippen LogP contribution in [0.4, 0.5) is 0 Å². The Balaban J connectivity index is 1.48. The first-order chi connectivity index (χ1) is 14.1. The zero-order valence-electron chi connectivity index (χ0n) is 16.5. The average molecular weight is 403 g/mol. The molecule has 5 nitrogen and oxygen atoms in total. The van der Waals surface area contributed by atoms with Crippen LogP contribution < -0.4 is 0 Å². The van der Waals surface area contributed by atoms with Gasteiger partial charge in [-0.15, -0.1) is 11.3 Å². The van der Waals surface area contributed by atoms with E-state index in [4.69, 9.17) is 4.98 Å². The molecule has 1 fully saturated rings. The van der Waals surface area contributed by atoms with Gasteiger partial charge < -0.3 is 4.90 Å². The van der Waals surface area contributed by atoms with Crippen molar-refractivity contribution < 1.29 is 4.79 Å². The van der Waals surface area contributed by atoms with Crippen LogP contribution in [0.5, 0.6) is 0 Å². The average Bonchev–Trinajstić information content (AvgIpc) is 3.45. The number of aromatic nitrogens is 3. The van der Waals surface area contributed by atoms with E-state index in [1.807, 2.05) is 52.9 Å². The molecule has 5 rings (SSSR count). The first-order valence-corrected chi connectivity index (χ1v) is 10.7. The standard InChI is InChI=1S/C23H22N4OS/c1-15-8-3-5-10-19(15)27-16(2)17(14-24-27)23(28)26-13-7-11-20(26)22-25-18-9-4-6-12-21(18)29-22/h3-6,8-10,12,14,20H,7,11,13H2,1-2H3. The minimum Gasteiger partial charge on any atom is -0.329 e. The summed E-state index contributed by atoms with van der Waals surface area (Å²) in [5, 5.41) is 5.56. The van der Waals surface area contributed by atoms with E-state index in [-0.39, 0.29) is 11.9 Å². The number of hydrogen-bond acceptors (Lipinski definition) is 4. The van der Waals surface area contributed by atoms with Crippen molar-refractivity contribution in [1.29, 1.82) is 0 Å². The molecule has 2 aromatic heterocycles. The van der Waals surface area contributed by atoms with E-state index in [9.17, 15) is 4.79 Å². The molecule has 2 aromatic carbocycles. The molecule has 0 radical (unpaired) electrons. The summed E-state index contributed by atoms with van der Waals surface area (Å²) in [4.78, 5) is 20.2. The number of aryl methyl sites for hydroxylation is 1. The molecule has 1 aliphatic rings. The van der Waals surface area contributed by atoms with Gasteiger partial charge in [0.1, 0.15) is 5.01 Å². The van der Waals surface area contributed by atoms with Gasteiger partial charge in [0.2, 0.25) is 0 Å². The fourth-order valence-corrected chi connectivity index (χ4v) is 5.23. The summed E-state index contributed by atoms with van der Waals surface area (Å²) in [5.74, 6) is 0.0455. The van der Waals surface area contributed by atoms with E-state index >= 15 is 0 Å². The summed E-state index contributed by atoms with van der Waals surface area (Å²) in [7, 11) is 0. The number of carbonyl (C=O) groups excluding carboxylic acids is 1. The Kier molecular flexibility index (Phi) is 4.43. The van der Waals surface area contributed by atoms with Gasteiger partial charge in [-0.05, 0) is 50.5 Å². The molecule has 29 heavy (non-hydrogen) atoms. The fraction of sp³-hybridized carbons (Fsp3) is 0.261. The van der Waals surface area contributed by atoms with Crippen molar-refractivity contribution in [1.82, 2.24) is 19.7 Å². The number of likely N-dealkylation sites (tertiary alicyclic amines) is 1. The van der Waals surface area contributed by atoms with E-state index < -0.39 is 0 Å². The van der Waals surface area contributed by atoms with Gasteiger partial charge >= 0.3 is 0 Å². The van der Waals surface area contributed by atoms with Crippen molar-refractivity contribution in [3.05, 3.63) is 76.6 Å². The SMILES string of the molecule is Cc1ccccc1-n1ncc(C(=O)N2CCCC2c2nc3ccccc3s2)c1C. The molecule has 1 unspecified atom stereocenters. The summed E-state index contributed by atoms with van der Waals surface area (Å²) >= 11 is 1.69. The van der Waals surface area contributed by atoms with E-state index in [1.54, 1.807) is 17.5 Å². The van der Waals surface area contributed by atoms with Crippen LogP contribution in [0.15, 0.2) is 54.7 Å². The monoisotopic (exact) mass is 402 g/mol. The summed E-state index contributed by atoms with van der Waals surface area (Å²) in [5.41, 5.74) is 4.69. The molecule has 1 aliphatic heterocycles. The lowest BCUT2D eigenvalue weighted by Crippen LogP contribution is -2.30. The zero-order valence-corrected chi connectivity index (χ0v) is 17.3. The molecular weight excluding hydrogens is 380 g/mol. The summed E-state index contributed by atoms with van der Waals surface area (Å²) in [6.45, 7) is 4.78. The van der Waals surface area contributed by atoms with Crippen LogP contribution in [0.3, 0.4) is 0 Å². The highest BCUT2D eigenvalue weighted by Crippen LogP contribution is 2.37. The van der Waals surface area contributed by atoms with Crippen LogP contribution in [-0.4, -0.2) is 32.1 Å². The Hall–Kier alpha value is -2.99. The highest BCUT2D eigenvalue weighted by Gasteiger charge is 2.34. The molecule has 1 atom stereocenters. The largest absolute Gasteiger partial charge is 0.329 e. The van der Waals surface area contributed by atoms with E-state index in [1.165, 1.54) is 4.70 Å². The molecule has 0 bridgehead atoms. The Morgan fingerprint density at radius 1 is 1.10 bits per heavy atom. The Morgan fingerprint density at radius 3 is 2.72 bits per heavy atom. The summed E-state index contributed by atoms with van der Waals surface area (Å²) in [6.07, 6.45) is 3.66. The van der Waals surface area contributed by atoms with Crippen LogP contribution in [0.25, 0.3) is 15.9 Å². The van der Waals surface area contributed by atoms with Gasteiger partial charge in [-0.1, -0.05) is 30.3 Å². The number of amides is 1. The topological polar surface area (TPSA) is 51.0 Å². The number of rotatable bonds is 3. The third kappa shape index (κ3) is 3.04. The Labute approximate surface area is 173 Å². The summed E-state index contributed by atoms with van der Waals surface area (Å²) < 4.78 is 3.04. The Bertz CT molecular complexity index is 1180. The van der Waals surface area contributed by atoms with Gasteiger partial charge in [0.15, 0.2) is 0 Å². The van der Waals surface area contributed by atoms with E-state index in [2.05, 4.69) is 24.2 Å². The second-order valence-electron chi connectivity index (χ2n) is 7.52. The number of benzene rings is 2. The number of hydrogen-bond donors (Lipinski definition) is 0. The van der Waals surface area contributed by atoms with Gasteiger partial charge in [-0.3, -0.25) is 4.79 Å². The fourth-order valence-electron chi connectivity index (χ4n) is 4.12. The van der Waals surface area contributed by atoms with Gasteiger partial charge in [0, 0.05) is 6.54 Å². The van der Waals surface area contributed by atoms with Crippen LogP contribution in [0.2, 0.25) is 0 Å². The molecule has 0 aliphatic carbocycles. The van der Waals surface area contributed by atoms with Crippen LogP contribution >= 0.6 is 11.3 Å². The molecule has 1 amide bonds. The molecule has 0 N–H and O–H groups in total. The highest BCUT2D eigenvalue weighted by molar-refractivity contribution is 7.18.